The van der Waals surface area contributed by atoms with Crippen LogP contribution in [0, 0.1) is 0 Å². The molecule has 0 amide bonds. The molecule has 3 aromatic carbocycles. The monoisotopic (exact) mass is 435 g/mol. The zero-order chi connectivity index (χ0) is 22.7. The first kappa shape index (κ1) is 21.4. The van der Waals surface area contributed by atoms with Crippen LogP contribution in [-0.4, -0.2) is 38.8 Å². The Morgan fingerprint density at radius 3 is 1.82 bits per heavy atom. The summed E-state index contributed by atoms with van der Waals surface area (Å²) in [6.07, 6.45) is 5.97. The van der Waals surface area contributed by atoms with Gasteiger partial charge >= 0.3 is 0 Å². The van der Waals surface area contributed by atoms with Gasteiger partial charge in [-0.15, -0.1) is 0 Å². The lowest BCUT2D eigenvalue weighted by Gasteiger charge is -2.48. The Morgan fingerprint density at radius 2 is 1.36 bits per heavy atom. The van der Waals surface area contributed by atoms with Crippen LogP contribution in [0.2, 0.25) is 0 Å². The Kier molecular flexibility index (Phi) is 5.95. The van der Waals surface area contributed by atoms with Crippen molar-refractivity contribution in [3.63, 3.8) is 0 Å². The number of hydrogen-bond acceptors (Lipinski definition) is 3. The highest BCUT2D eigenvalue weighted by Crippen LogP contribution is 2.44. The molecule has 4 nitrogen and oxygen atoms in total. The van der Waals surface area contributed by atoms with Gasteiger partial charge in [-0.25, -0.2) is 4.98 Å². The van der Waals surface area contributed by atoms with Crippen LogP contribution in [0.5, 0.6) is 0 Å². The molecule has 2 heterocycles. The SMILES string of the molecule is Cn1ccnc1/C=C1\CN(C(c2ccccc2)(c2ccccc2)c2ccccc2)CCC1O. The summed E-state index contributed by atoms with van der Waals surface area (Å²) in [5, 5.41) is 10.9. The van der Waals surface area contributed by atoms with E-state index >= 15 is 0 Å². The van der Waals surface area contributed by atoms with Crippen LogP contribution in [0.1, 0.15) is 28.9 Å². The number of aromatic nitrogens is 2. The van der Waals surface area contributed by atoms with E-state index in [0.717, 1.165) is 17.9 Å². The minimum atomic E-state index is -0.482. The number of benzene rings is 3. The van der Waals surface area contributed by atoms with Gasteiger partial charge in [0.15, 0.2) is 0 Å². The Labute approximate surface area is 195 Å². The second kappa shape index (κ2) is 9.18. The van der Waals surface area contributed by atoms with Gasteiger partial charge in [0.05, 0.1) is 11.6 Å². The molecule has 1 aliphatic rings. The molecule has 33 heavy (non-hydrogen) atoms. The number of aryl methyl sites for hydroxylation is 1. The smallest absolute Gasteiger partial charge is 0.132 e. The number of hydrogen-bond donors (Lipinski definition) is 1. The summed E-state index contributed by atoms with van der Waals surface area (Å²) in [6, 6.07) is 32.2. The van der Waals surface area contributed by atoms with Crippen molar-refractivity contribution in [3.05, 3.63) is 131 Å². The third-order valence-corrected chi connectivity index (χ3v) is 6.70. The number of rotatable bonds is 5. The summed E-state index contributed by atoms with van der Waals surface area (Å²) < 4.78 is 1.98. The second-order valence-corrected chi connectivity index (χ2v) is 8.65. The van der Waals surface area contributed by atoms with Crippen molar-refractivity contribution >= 4 is 6.08 Å². The van der Waals surface area contributed by atoms with Gasteiger partial charge in [0, 0.05) is 32.5 Å². The fraction of sp³-hybridized carbons (Fsp3) is 0.207. The average molecular weight is 436 g/mol. The molecule has 0 bridgehead atoms. The van der Waals surface area contributed by atoms with E-state index in [1.165, 1.54) is 16.7 Å². The second-order valence-electron chi connectivity index (χ2n) is 8.65. The quantitative estimate of drug-likeness (QED) is 0.455. The van der Waals surface area contributed by atoms with Crippen molar-refractivity contribution in [1.29, 1.82) is 0 Å². The minimum absolute atomic E-state index is 0.474. The van der Waals surface area contributed by atoms with Gasteiger partial charge in [-0.05, 0) is 34.8 Å². The predicted molar refractivity (Wildman–Crippen MR) is 133 cm³/mol. The Morgan fingerprint density at radius 1 is 0.848 bits per heavy atom. The molecule has 4 aromatic rings. The van der Waals surface area contributed by atoms with Crippen LogP contribution < -0.4 is 0 Å². The third-order valence-electron chi connectivity index (χ3n) is 6.70. The topological polar surface area (TPSA) is 41.3 Å². The number of aliphatic hydroxyl groups is 1. The van der Waals surface area contributed by atoms with Crippen LogP contribution in [-0.2, 0) is 12.6 Å². The predicted octanol–water partition coefficient (Wildman–Crippen LogP) is 4.86. The summed E-state index contributed by atoms with van der Waals surface area (Å²) in [7, 11) is 1.98. The number of nitrogens with zero attached hydrogens (tertiary/aromatic N) is 3. The molecule has 0 radical (unpaired) electrons. The summed E-state index contributed by atoms with van der Waals surface area (Å²) in [6.45, 7) is 1.42. The summed E-state index contributed by atoms with van der Waals surface area (Å²) in [5.41, 5.74) is 4.16. The molecular formula is C29H29N3O. The molecule has 4 heteroatoms. The van der Waals surface area contributed by atoms with Crippen molar-refractivity contribution in [3.8, 4) is 0 Å². The highest BCUT2D eigenvalue weighted by atomic mass is 16.3. The highest BCUT2D eigenvalue weighted by Gasteiger charge is 2.44. The lowest BCUT2D eigenvalue weighted by atomic mass is 9.74. The normalized spacial score (nSPS) is 18.5. The van der Waals surface area contributed by atoms with Gasteiger partial charge < -0.3 is 9.67 Å². The van der Waals surface area contributed by atoms with E-state index in [9.17, 15) is 5.11 Å². The van der Waals surface area contributed by atoms with Crippen LogP contribution in [0.25, 0.3) is 6.08 Å². The van der Waals surface area contributed by atoms with Crippen LogP contribution >= 0.6 is 0 Å². The van der Waals surface area contributed by atoms with Crippen molar-refractivity contribution < 1.29 is 5.11 Å². The zero-order valence-electron chi connectivity index (χ0n) is 18.9. The number of imidazole rings is 1. The molecule has 1 unspecified atom stereocenters. The van der Waals surface area contributed by atoms with E-state index in [-0.39, 0.29) is 0 Å². The fourth-order valence-corrected chi connectivity index (χ4v) is 5.06. The van der Waals surface area contributed by atoms with Crippen LogP contribution in [0.4, 0.5) is 0 Å². The van der Waals surface area contributed by atoms with Gasteiger partial charge in [-0.3, -0.25) is 4.90 Å². The lowest BCUT2D eigenvalue weighted by molar-refractivity contribution is 0.0871. The first-order valence-electron chi connectivity index (χ1n) is 11.5. The average Bonchev–Trinajstić information content (AvgIpc) is 3.28. The van der Waals surface area contributed by atoms with E-state index in [0.29, 0.717) is 13.0 Å². The van der Waals surface area contributed by atoms with Crippen LogP contribution in [0.15, 0.2) is 109 Å². The van der Waals surface area contributed by atoms with E-state index < -0.39 is 11.6 Å². The Bertz CT molecular complexity index is 1120. The molecule has 1 fully saturated rings. The van der Waals surface area contributed by atoms with E-state index in [1.54, 1.807) is 6.20 Å². The third kappa shape index (κ3) is 3.92. The van der Waals surface area contributed by atoms with Crippen molar-refractivity contribution in [1.82, 2.24) is 14.5 Å². The molecular weight excluding hydrogens is 406 g/mol. The zero-order valence-corrected chi connectivity index (χ0v) is 18.9. The van der Waals surface area contributed by atoms with E-state index in [1.807, 2.05) is 23.9 Å². The molecule has 1 saturated heterocycles. The Balaban J connectivity index is 1.71. The van der Waals surface area contributed by atoms with Crippen molar-refractivity contribution in [2.75, 3.05) is 13.1 Å². The maximum Gasteiger partial charge on any atom is 0.132 e. The lowest BCUT2D eigenvalue weighted by Crippen LogP contribution is -2.52. The summed E-state index contributed by atoms with van der Waals surface area (Å²) in [5.74, 6) is 0.857. The van der Waals surface area contributed by atoms with Gasteiger partial charge in [-0.1, -0.05) is 91.0 Å². The van der Waals surface area contributed by atoms with Crippen LogP contribution in [0.3, 0.4) is 0 Å². The van der Waals surface area contributed by atoms with E-state index in [2.05, 4.69) is 101 Å². The fourth-order valence-electron chi connectivity index (χ4n) is 5.06. The summed E-state index contributed by atoms with van der Waals surface area (Å²) >= 11 is 0. The molecule has 1 aromatic heterocycles. The first-order chi connectivity index (χ1) is 16.2. The molecule has 1 aliphatic heterocycles. The Hall–Kier alpha value is -3.47. The maximum absolute atomic E-state index is 10.9. The molecule has 0 saturated carbocycles. The van der Waals surface area contributed by atoms with Crippen molar-refractivity contribution in [2.24, 2.45) is 7.05 Å². The molecule has 1 N–H and O–H groups in total. The first-order valence-corrected chi connectivity index (χ1v) is 11.5. The molecule has 166 valence electrons. The van der Waals surface area contributed by atoms with E-state index in [4.69, 9.17) is 0 Å². The van der Waals surface area contributed by atoms with Crippen molar-refractivity contribution in [2.45, 2.75) is 18.1 Å². The standard InChI is InChI=1S/C29H29N3O/c1-31-20-18-30-28(31)21-23-22-32(19-17-27(23)33)29(24-11-5-2-6-12-24,25-13-7-3-8-14-25)26-15-9-4-10-16-26/h2-16,18,20-21,27,33H,17,19,22H2,1H3/b23-21+. The largest absolute Gasteiger partial charge is 0.389 e. The number of likely N-dealkylation sites (tertiary alicyclic amines) is 1. The highest BCUT2D eigenvalue weighted by molar-refractivity contribution is 5.52. The van der Waals surface area contributed by atoms with Gasteiger partial charge in [-0.2, -0.15) is 0 Å². The molecule has 1 atom stereocenters. The van der Waals surface area contributed by atoms with Gasteiger partial charge in [0.2, 0.25) is 0 Å². The number of piperidine rings is 1. The molecule has 5 rings (SSSR count). The molecule has 0 aliphatic carbocycles. The minimum Gasteiger partial charge on any atom is -0.389 e. The van der Waals surface area contributed by atoms with Gasteiger partial charge in [0.1, 0.15) is 5.82 Å². The van der Waals surface area contributed by atoms with Gasteiger partial charge in [0.25, 0.3) is 0 Å². The maximum atomic E-state index is 10.9. The number of aliphatic hydroxyl groups excluding tert-OH is 1. The summed E-state index contributed by atoms with van der Waals surface area (Å²) in [4.78, 5) is 6.97. The molecule has 0 spiro atoms.